The van der Waals surface area contributed by atoms with Gasteiger partial charge in [-0.15, -0.1) is 0 Å². The number of alkyl carbamates (subject to hydrolysis) is 1. The first-order valence-electron chi connectivity index (χ1n) is 19.6. The van der Waals surface area contributed by atoms with Crippen molar-refractivity contribution >= 4 is 23.9 Å². The van der Waals surface area contributed by atoms with Gasteiger partial charge in [0.05, 0.1) is 31.5 Å². The average molecular weight is 750 g/mol. The van der Waals surface area contributed by atoms with E-state index >= 15 is 0 Å². The topological polar surface area (TPSA) is 156 Å². The second kappa shape index (κ2) is 19.9. The predicted octanol–water partition coefficient (Wildman–Crippen LogP) is 4.81. The molecule has 2 fully saturated rings. The molecule has 2 aromatic rings. The van der Waals surface area contributed by atoms with Crippen LogP contribution in [-0.2, 0) is 27.3 Å². The maximum absolute atomic E-state index is 14.4. The Morgan fingerprint density at radius 3 is 2.33 bits per heavy atom. The van der Waals surface area contributed by atoms with Gasteiger partial charge in [0.15, 0.2) is 0 Å². The molecule has 2 heterocycles. The van der Waals surface area contributed by atoms with Gasteiger partial charge in [-0.3, -0.25) is 20.0 Å². The van der Waals surface area contributed by atoms with Gasteiger partial charge in [-0.2, -0.15) is 0 Å². The van der Waals surface area contributed by atoms with Crippen LogP contribution in [0.1, 0.15) is 90.1 Å². The molecule has 1 aliphatic carbocycles. The fraction of sp³-hybridized carbons (Fsp3) is 0.634. The standard InChI is InChI=1S/C41H63N7O6/c1-8-28(2)35(48-23-22-46(40(48)53)26-32-21-15-16-29(3)42-32)37(50)43-33(24-30-17-11-9-12-18-30)34(49)27-47(25-31-19-13-10-14-20-31)45-38(51)36(41(4,5)6)44-39(52)54-7/h9,11-12,15-18,21,28,31,33-36,49H,8,10,13-14,19-20,22-27H2,1-7H3,(H,43,50)(H,44,52)(H,45,51)/t28-,33-,34-,35-,36+/m0/s1. The molecule has 54 heavy (non-hydrogen) atoms. The third-order valence-corrected chi connectivity index (χ3v) is 10.8. The van der Waals surface area contributed by atoms with Gasteiger partial charge < -0.3 is 30.3 Å². The van der Waals surface area contributed by atoms with E-state index in [-0.39, 0.29) is 24.4 Å². The number of rotatable bonds is 17. The summed E-state index contributed by atoms with van der Waals surface area (Å²) in [6.45, 7) is 13.2. The number of nitrogens with one attached hydrogen (secondary N) is 3. The summed E-state index contributed by atoms with van der Waals surface area (Å²) in [7, 11) is 1.25. The molecule has 1 aromatic carbocycles. The smallest absolute Gasteiger partial charge is 0.407 e. The van der Waals surface area contributed by atoms with Crippen molar-refractivity contribution in [3.8, 4) is 0 Å². The van der Waals surface area contributed by atoms with Crippen LogP contribution >= 0.6 is 0 Å². The zero-order valence-corrected chi connectivity index (χ0v) is 33.3. The van der Waals surface area contributed by atoms with E-state index in [0.717, 1.165) is 42.6 Å². The number of carbonyl (C=O) groups excluding carboxylic acids is 4. The van der Waals surface area contributed by atoms with Crippen LogP contribution in [0.15, 0.2) is 48.5 Å². The fourth-order valence-corrected chi connectivity index (χ4v) is 7.51. The summed E-state index contributed by atoms with van der Waals surface area (Å²) in [6, 6.07) is 12.8. The summed E-state index contributed by atoms with van der Waals surface area (Å²) in [5.41, 5.74) is 4.97. The van der Waals surface area contributed by atoms with Crippen LogP contribution < -0.4 is 16.1 Å². The van der Waals surface area contributed by atoms with Crippen molar-refractivity contribution in [3.63, 3.8) is 0 Å². The predicted molar refractivity (Wildman–Crippen MR) is 208 cm³/mol. The second-order valence-electron chi connectivity index (χ2n) is 16.2. The van der Waals surface area contributed by atoms with E-state index in [4.69, 9.17) is 4.74 Å². The lowest BCUT2D eigenvalue weighted by Crippen LogP contribution is -2.61. The molecule has 1 saturated heterocycles. The van der Waals surface area contributed by atoms with Crippen molar-refractivity contribution < 1.29 is 29.0 Å². The maximum Gasteiger partial charge on any atom is 0.407 e. The number of amides is 5. The fourth-order valence-electron chi connectivity index (χ4n) is 7.51. The number of aliphatic hydroxyl groups excluding tert-OH is 1. The molecule has 5 atom stereocenters. The average Bonchev–Trinajstić information content (AvgIpc) is 3.48. The molecule has 0 spiro atoms. The van der Waals surface area contributed by atoms with Crippen LogP contribution in [0.5, 0.6) is 0 Å². The Kier molecular flexibility index (Phi) is 15.7. The van der Waals surface area contributed by atoms with Crippen LogP contribution in [0.2, 0.25) is 0 Å². The number of benzene rings is 1. The van der Waals surface area contributed by atoms with E-state index in [0.29, 0.717) is 44.9 Å². The van der Waals surface area contributed by atoms with Crippen molar-refractivity contribution in [1.82, 2.24) is 35.9 Å². The molecule has 1 saturated carbocycles. The van der Waals surface area contributed by atoms with Crippen molar-refractivity contribution in [2.45, 2.75) is 117 Å². The summed E-state index contributed by atoms with van der Waals surface area (Å²) in [6.07, 6.45) is 4.57. The van der Waals surface area contributed by atoms with Crippen LogP contribution in [0.3, 0.4) is 0 Å². The maximum atomic E-state index is 14.4. The number of ether oxygens (including phenoxy) is 1. The highest BCUT2D eigenvalue weighted by Crippen LogP contribution is 2.26. The Hall–Kier alpha value is -4.23. The molecule has 0 radical (unpaired) electrons. The number of pyridine rings is 1. The number of hydrazine groups is 1. The molecular weight excluding hydrogens is 686 g/mol. The summed E-state index contributed by atoms with van der Waals surface area (Å²) >= 11 is 0. The number of urea groups is 1. The number of carbonyl (C=O) groups is 4. The Morgan fingerprint density at radius 2 is 1.70 bits per heavy atom. The van der Waals surface area contributed by atoms with Gasteiger partial charge >= 0.3 is 12.1 Å². The largest absolute Gasteiger partial charge is 0.453 e. The minimum absolute atomic E-state index is 0.0308. The first kappa shape index (κ1) is 42.5. The van der Waals surface area contributed by atoms with Crippen LogP contribution in [-0.4, -0.2) is 106 Å². The van der Waals surface area contributed by atoms with Gasteiger partial charge in [-0.25, -0.2) is 14.6 Å². The molecule has 13 heteroatoms. The first-order chi connectivity index (χ1) is 25.7. The van der Waals surface area contributed by atoms with Crippen LogP contribution in [0, 0.1) is 24.2 Å². The van der Waals surface area contributed by atoms with Crippen LogP contribution in [0.25, 0.3) is 0 Å². The first-order valence-corrected chi connectivity index (χ1v) is 19.6. The molecule has 0 unspecified atom stereocenters. The number of aromatic nitrogens is 1. The van der Waals surface area contributed by atoms with E-state index in [1.54, 1.807) is 14.8 Å². The zero-order valence-electron chi connectivity index (χ0n) is 33.3. The van der Waals surface area contributed by atoms with E-state index in [9.17, 15) is 24.3 Å². The van der Waals surface area contributed by atoms with Gasteiger partial charge in [0.25, 0.3) is 5.91 Å². The van der Waals surface area contributed by atoms with E-state index < -0.39 is 41.6 Å². The molecule has 13 nitrogen and oxygen atoms in total. The number of aryl methyl sites for hydroxylation is 1. The number of aliphatic hydroxyl groups is 1. The molecule has 0 bridgehead atoms. The van der Waals surface area contributed by atoms with Crippen LogP contribution in [0.4, 0.5) is 9.59 Å². The van der Waals surface area contributed by atoms with E-state index in [1.807, 2.05) is 90.1 Å². The monoisotopic (exact) mass is 749 g/mol. The summed E-state index contributed by atoms with van der Waals surface area (Å²) in [5, 5.41) is 19.6. The SMILES string of the molecule is CC[C@H](C)[C@@H](C(=O)N[C@@H](Cc1ccccc1)[C@@H](O)CN(CC1CCCCC1)NC(=O)[C@@H](NC(=O)OC)C(C)(C)C)N1CCN(Cc2cccc(C)n2)C1=O. The number of hydrogen-bond acceptors (Lipinski definition) is 8. The number of methoxy groups -OCH3 is 1. The molecule has 4 N–H and O–H groups in total. The highest BCUT2D eigenvalue weighted by atomic mass is 16.5. The lowest BCUT2D eigenvalue weighted by atomic mass is 9.86. The Morgan fingerprint density at radius 1 is 1.00 bits per heavy atom. The quantitative estimate of drug-likeness (QED) is 0.168. The van der Waals surface area contributed by atoms with Crippen molar-refractivity contribution in [2.75, 3.05) is 33.3 Å². The third-order valence-electron chi connectivity index (χ3n) is 10.8. The molecule has 5 amide bonds. The normalized spacial score (nSPS) is 18.1. The van der Waals surface area contributed by atoms with Crippen molar-refractivity contribution in [1.29, 1.82) is 0 Å². The van der Waals surface area contributed by atoms with Gasteiger partial charge in [-0.1, -0.05) is 96.7 Å². The molecule has 4 rings (SSSR count). The minimum Gasteiger partial charge on any atom is -0.453 e. The summed E-state index contributed by atoms with van der Waals surface area (Å²) < 4.78 is 4.81. The van der Waals surface area contributed by atoms with Gasteiger partial charge in [0.2, 0.25) is 5.91 Å². The van der Waals surface area contributed by atoms with Gasteiger partial charge in [-0.05, 0) is 61.1 Å². The third kappa shape index (κ3) is 12.1. The lowest BCUT2D eigenvalue weighted by Gasteiger charge is -2.37. The van der Waals surface area contributed by atoms with Gasteiger partial charge in [0, 0.05) is 31.9 Å². The molecule has 1 aromatic heterocycles. The van der Waals surface area contributed by atoms with E-state index in [1.165, 1.54) is 13.5 Å². The molecule has 2 aliphatic rings. The summed E-state index contributed by atoms with van der Waals surface area (Å²) in [4.78, 5) is 62.3. The highest BCUT2D eigenvalue weighted by Gasteiger charge is 2.41. The number of nitrogens with zero attached hydrogens (tertiary/aromatic N) is 4. The van der Waals surface area contributed by atoms with E-state index in [2.05, 4.69) is 21.0 Å². The molecule has 298 valence electrons. The van der Waals surface area contributed by atoms with Crippen molar-refractivity contribution in [2.24, 2.45) is 17.3 Å². The van der Waals surface area contributed by atoms with Gasteiger partial charge in [0.1, 0.15) is 12.1 Å². The minimum atomic E-state index is -1.10. The second-order valence-corrected chi connectivity index (χ2v) is 16.2. The Labute approximate surface area is 321 Å². The van der Waals surface area contributed by atoms with Crippen molar-refractivity contribution in [3.05, 3.63) is 65.5 Å². The Balaban J connectivity index is 1.57. The summed E-state index contributed by atoms with van der Waals surface area (Å²) in [5.74, 6) is -0.594. The Bertz CT molecular complexity index is 1530. The molecular formula is C41H63N7O6. The zero-order chi connectivity index (χ0) is 39.4. The highest BCUT2D eigenvalue weighted by molar-refractivity contribution is 5.88. The lowest BCUT2D eigenvalue weighted by molar-refractivity contribution is -0.133. The molecule has 1 aliphatic heterocycles. The number of hydrogen-bond donors (Lipinski definition) is 4.